The molecule has 1 fully saturated rings. The fourth-order valence-electron chi connectivity index (χ4n) is 3.08. The second-order valence-corrected chi connectivity index (χ2v) is 8.98. The summed E-state index contributed by atoms with van der Waals surface area (Å²) in [5.74, 6) is 0.790. The van der Waals surface area contributed by atoms with Gasteiger partial charge in [-0.2, -0.15) is 0 Å². The van der Waals surface area contributed by atoms with E-state index in [0.29, 0.717) is 12.4 Å². The summed E-state index contributed by atoms with van der Waals surface area (Å²) >= 11 is 0. The first kappa shape index (κ1) is 19.9. The van der Waals surface area contributed by atoms with Crippen LogP contribution in [-0.4, -0.2) is 29.8 Å². The minimum atomic E-state index is -0.466. The van der Waals surface area contributed by atoms with Crippen LogP contribution >= 0.6 is 7.92 Å². The van der Waals surface area contributed by atoms with Gasteiger partial charge in [0.2, 0.25) is 0 Å². The molecule has 0 spiro atoms. The van der Waals surface area contributed by atoms with E-state index in [0.717, 1.165) is 19.0 Å². The minimum Gasteiger partial charge on any atom is -0.495 e. The highest BCUT2D eigenvalue weighted by Crippen LogP contribution is 2.46. The number of aryl methyl sites for hydroxylation is 1. The predicted molar refractivity (Wildman–Crippen MR) is 109 cm³/mol. The third kappa shape index (κ3) is 5.54. The molecule has 1 aromatic rings. The van der Waals surface area contributed by atoms with Crippen LogP contribution in [0.3, 0.4) is 0 Å². The topological polar surface area (TPSA) is 55.5 Å². The number of benzene rings is 1. The van der Waals surface area contributed by atoms with E-state index >= 15 is 0 Å². The van der Waals surface area contributed by atoms with E-state index in [1.165, 1.54) is 22.0 Å². The molecule has 1 aliphatic heterocycles. The molecule has 3 nitrogen and oxygen atoms in total. The van der Waals surface area contributed by atoms with E-state index in [-0.39, 0.29) is 11.9 Å². The molecule has 4 heteroatoms. The molecule has 0 radical (unpaired) electrons. The number of aliphatic hydroxyl groups excluding tert-OH is 1. The van der Waals surface area contributed by atoms with E-state index in [1.807, 2.05) is 13.0 Å². The summed E-state index contributed by atoms with van der Waals surface area (Å²) in [5, 5.41) is 11.2. The molecular formula is C21H30NO2P. The lowest BCUT2D eigenvalue weighted by Crippen LogP contribution is -2.19. The van der Waals surface area contributed by atoms with Crippen LogP contribution in [0.2, 0.25) is 0 Å². The second-order valence-electron chi connectivity index (χ2n) is 6.49. The second kappa shape index (κ2) is 9.33. The molecule has 3 N–H and O–H groups in total. The number of nitrogens with two attached hydrogens (primary N) is 1. The zero-order valence-electron chi connectivity index (χ0n) is 15.5. The van der Waals surface area contributed by atoms with Gasteiger partial charge in [0.05, 0.1) is 12.7 Å². The van der Waals surface area contributed by atoms with Crippen molar-refractivity contribution in [2.45, 2.75) is 45.5 Å². The summed E-state index contributed by atoms with van der Waals surface area (Å²) in [5.41, 5.74) is 10.1. The number of allylic oxidation sites excluding steroid dienone is 4. The molecule has 3 atom stereocenters. The predicted octanol–water partition coefficient (Wildman–Crippen LogP) is 3.75. The van der Waals surface area contributed by atoms with E-state index in [4.69, 9.17) is 10.5 Å². The lowest BCUT2D eigenvalue weighted by molar-refractivity contribution is 0.196. The fourth-order valence-corrected chi connectivity index (χ4v) is 5.63. The van der Waals surface area contributed by atoms with Crippen LogP contribution in [0.1, 0.15) is 31.4 Å². The first-order chi connectivity index (χ1) is 11.9. The Labute approximate surface area is 153 Å². The summed E-state index contributed by atoms with van der Waals surface area (Å²) in [7, 11) is -0.466. The van der Waals surface area contributed by atoms with Gasteiger partial charge < -0.3 is 15.6 Å². The lowest BCUT2D eigenvalue weighted by Gasteiger charge is -2.18. The molecule has 0 saturated carbocycles. The number of hydrogen-bond acceptors (Lipinski definition) is 3. The van der Waals surface area contributed by atoms with Crippen molar-refractivity contribution in [1.29, 1.82) is 0 Å². The van der Waals surface area contributed by atoms with E-state index < -0.39 is 7.92 Å². The van der Waals surface area contributed by atoms with E-state index in [2.05, 4.69) is 50.8 Å². The Kier molecular flexibility index (Phi) is 7.43. The third-order valence-electron chi connectivity index (χ3n) is 4.56. The van der Waals surface area contributed by atoms with Crippen molar-refractivity contribution in [3.05, 3.63) is 65.5 Å². The molecule has 0 bridgehead atoms. The molecule has 1 aliphatic rings. The Hall–Kier alpha value is -1.41. The smallest absolute Gasteiger partial charge is 0.112 e. The van der Waals surface area contributed by atoms with Crippen molar-refractivity contribution in [1.82, 2.24) is 0 Å². The number of rotatable bonds is 7. The van der Waals surface area contributed by atoms with Gasteiger partial charge in [-0.05, 0) is 67.9 Å². The summed E-state index contributed by atoms with van der Waals surface area (Å²) in [6.07, 6.45) is 8.28. The normalized spacial score (nSPS) is 24.0. The van der Waals surface area contributed by atoms with Gasteiger partial charge in [-0.15, -0.1) is 0 Å². The molecule has 1 heterocycles. The number of aliphatic hydroxyl groups is 1. The van der Waals surface area contributed by atoms with Crippen LogP contribution in [0.4, 0.5) is 0 Å². The number of hydrogen-bond donors (Lipinski definition) is 2. The SMILES string of the molecule is C=C(/C=C\C(=C/C)Cc1cc(P2CC(O)CC2N)ccc1C)OCC. The highest BCUT2D eigenvalue weighted by atomic mass is 31.1. The molecule has 0 aliphatic carbocycles. The van der Waals surface area contributed by atoms with Crippen LogP contribution in [0, 0.1) is 6.92 Å². The van der Waals surface area contributed by atoms with Crippen molar-refractivity contribution in [2.75, 3.05) is 12.8 Å². The van der Waals surface area contributed by atoms with Gasteiger partial charge >= 0.3 is 0 Å². The van der Waals surface area contributed by atoms with Crippen molar-refractivity contribution >= 4 is 13.2 Å². The van der Waals surface area contributed by atoms with Crippen molar-refractivity contribution < 1.29 is 9.84 Å². The average molecular weight is 359 g/mol. The van der Waals surface area contributed by atoms with Gasteiger partial charge in [0, 0.05) is 5.78 Å². The Balaban J connectivity index is 2.15. The Bertz CT molecular complexity index is 666. The number of ether oxygens (including phenoxy) is 1. The van der Waals surface area contributed by atoms with Crippen molar-refractivity contribution in [3.63, 3.8) is 0 Å². The standard InChI is InChI=1S/C21H30NO2P/c1-5-17(9-8-16(4)24-6-2)11-18-12-20(10-7-15(18)3)25-14-19(23)13-21(25)22/h5,7-10,12,19,21,23H,4,6,11,13-14,22H2,1-3H3/b9-8-,17-5+. The quantitative estimate of drug-likeness (QED) is 0.443. The zero-order valence-corrected chi connectivity index (χ0v) is 16.4. The highest BCUT2D eigenvalue weighted by molar-refractivity contribution is 7.66. The monoisotopic (exact) mass is 359 g/mol. The molecule has 136 valence electrons. The third-order valence-corrected chi connectivity index (χ3v) is 7.33. The van der Waals surface area contributed by atoms with Crippen LogP contribution in [-0.2, 0) is 11.2 Å². The average Bonchev–Trinajstić information content (AvgIpc) is 2.91. The first-order valence-corrected chi connectivity index (χ1v) is 10.5. The molecule has 1 saturated heterocycles. The highest BCUT2D eigenvalue weighted by Gasteiger charge is 2.31. The molecule has 3 unspecified atom stereocenters. The van der Waals surface area contributed by atoms with Gasteiger partial charge in [0.25, 0.3) is 0 Å². The first-order valence-electron chi connectivity index (χ1n) is 8.89. The molecule has 25 heavy (non-hydrogen) atoms. The summed E-state index contributed by atoms with van der Waals surface area (Å²) < 4.78 is 5.38. The fraction of sp³-hybridized carbons (Fsp3) is 0.429. The lowest BCUT2D eigenvalue weighted by atomic mass is 10.00. The Morgan fingerprint density at radius 1 is 1.44 bits per heavy atom. The summed E-state index contributed by atoms with van der Waals surface area (Å²) in [6, 6.07) is 6.65. The van der Waals surface area contributed by atoms with Gasteiger partial charge in [0.1, 0.15) is 5.76 Å². The van der Waals surface area contributed by atoms with Crippen molar-refractivity contribution in [3.8, 4) is 0 Å². The largest absolute Gasteiger partial charge is 0.495 e. The maximum atomic E-state index is 9.90. The Morgan fingerprint density at radius 3 is 2.80 bits per heavy atom. The van der Waals surface area contributed by atoms with Crippen LogP contribution in [0.25, 0.3) is 0 Å². The zero-order chi connectivity index (χ0) is 18.4. The van der Waals surface area contributed by atoms with Crippen LogP contribution in [0.15, 0.2) is 54.3 Å². The minimum absolute atomic E-state index is 0.108. The van der Waals surface area contributed by atoms with E-state index in [1.54, 1.807) is 0 Å². The summed E-state index contributed by atoms with van der Waals surface area (Å²) in [6.45, 7) is 10.7. The molecule has 0 aromatic heterocycles. The molecule has 0 amide bonds. The van der Waals surface area contributed by atoms with E-state index in [9.17, 15) is 5.11 Å². The van der Waals surface area contributed by atoms with Gasteiger partial charge in [-0.25, -0.2) is 0 Å². The van der Waals surface area contributed by atoms with Crippen molar-refractivity contribution in [2.24, 2.45) is 5.73 Å². The Morgan fingerprint density at radius 2 is 2.20 bits per heavy atom. The van der Waals surface area contributed by atoms with Gasteiger partial charge in [-0.1, -0.05) is 44.9 Å². The molecular weight excluding hydrogens is 329 g/mol. The maximum Gasteiger partial charge on any atom is 0.112 e. The van der Waals surface area contributed by atoms with Crippen LogP contribution < -0.4 is 11.0 Å². The molecule has 1 aromatic carbocycles. The summed E-state index contributed by atoms with van der Waals surface area (Å²) in [4.78, 5) is 0. The maximum absolute atomic E-state index is 9.90. The van der Waals surface area contributed by atoms with Crippen LogP contribution in [0.5, 0.6) is 0 Å². The molecule has 2 rings (SSSR count). The van der Waals surface area contributed by atoms with Gasteiger partial charge in [-0.3, -0.25) is 0 Å². The van der Waals surface area contributed by atoms with Gasteiger partial charge in [0.15, 0.2) is 0 Å².